The number of hydrogen-bond acceptors (Lipinski definition) is 4. The molecule has 5 heteroatoms. The summed E-state index contributed by atoms with van der Waals surface area (Å²) in [5, 5.41) is 3.04. The smallest absolute Gasteiger partial charge is 0.263 e. The lowest BCUT2D eigenvalue weighted by Crippen LogP contribution is -2.34. The van der Waals surface area contributed by atoms with Crippen LogP contribution in [0.3, 0.4) is 0 Å². The number of nitrogens with one attached hydrogen (secondary N) is 1. The summed E-state index contributed by atoms with van der Waals surface area (Å²) >= 11 is 0. The van der Waals surface area contributed by atoms with E-state index >= 15 is 0 Å². The quantitative estimate of drug-likeness (QED) is 0.658. The van der Waals surface area contributed by atoms with E-state index in [1.165, 1.54) is 4.90 Å². The van der Waals surface area contributed by atoms with Gasteiger partial charge in [0, 0.05) is 11.4 Å². The number of benzene rings is 2. The van der Waals surface area contributed by atoms with Gasteiger partial charge in [-0.15, -0.1) is 0 Å². The molecule has 0 radical (unpaired) electrons. The van der Waals surface area contributed by atoms with Crippen LogP contribution < -0.4 is 11.1 Å². The summed E-state index contributed by atoms with van der Waals surface area (Å²) in [5.41, 5.74) is 7.98. The molecule has 0 bridgehead atoms. The minimum Gasteiger partial charge on any atom is -0.399 e. The van der Waals surface area contributed by atoms with Crippen molar-refractivity contribution in [2.45, 2.75) is 0 Å². The van der Waals surface area contributed by atoms with E-state index in [0.29, 0.717) is 16.8 Å². The van der Waals surface area contributed by atoms with Gasteiger partial charge in [-0.25, -0.2) is 0 Å². The van der Waals surface area contributed by atoms with Gasteiger partial charge in [0.2, 0.25) is 0 Å². The number of rotatable bonds is 3. The standard InChI is InChI=1S/C15H13N3O2/c16-10-5-7-11(8-6-10)17-9-18-14(19)12-3-1-2-4-13(12)15(18)20/h1-8,17H,9,16H2. The predicted octanol–water partition coefficient (Wildman–Crippen LogP) is 1.93. The van der Waals surface area contributed by atoms with Crippen molar-refractivity contribution in [3.63, 3.8) is 0 Å². The number of imide groups is 1. The minimum absolute atomic E-state index is 0.135. The van der Waals surface area contributed by atoms with Gasteiger partial charge in [-0.1, -0.05) is 12.1 Å². The highest BCUT2D eigenvalue weighted by Crippen LogP contribution is 2.22. The molecule has 2 amide bonds. The molecule has 100 valence electrons. The molecule has 0 atom stereocenters. The maximum atomic E-state index is 12.1. The average molecular weight is 267 g/mol. The number of nitrogen functional groups attached to an aromatic ring is 1. The van der Waals surface area contributed by atoms with Crippen molar-refractivity contribution >= 4 is 23.2 Å². The summed E-state index contributed by atoms with van der Waals surface area (Å²) in [5.74, 6) is -0.540. The van der Waals surface area contributed by atoms with Crippen LogP contribution in [0.1, 0.15) is 20.7 Å². The van der Waals surface area contributed by atoms with Gasteiger partial charge in [0.1, 0.15) is 0 Å². The monoisotopic (exact) mass is 267 g/mol. The van der Waals surface area contributed by atoms with Crippen molar-refractivity contribution in [3.8, 4) is 0 Å². The fourth-order valence-corrected chi connectivity index (χ4v) is 2.15. The summed E-state index contributed by atoms with van der Waals surface area (Å²) < 4.78 is 0. The van der Waals surface area contributed by atoms with Gasteiger partial charge >= 0.3 is 0 Å². The summed E-state index contributed by atoms with van der Waals surface area (Å²) in [4.78, 5) is 25.5. The zero-order valence-electron chi connectivity index (χ0n) is 10.7. The zero-order chi connectivity index (χ0) is 14.1. The maximum Gasteiger partial charge on any atom is 0.263 e. The van der Waals surface area contributed by atoms with Crippen LogP contribution in [0.15, 0.2) is 48.5 Å². The molecule has 0 unspecified atom stereocenters. The van der Waals surface area contributed by atoms with Crippen molar-refractivity contribution in [1.82, 2.24) is 4.90 Å². The van der Waals surface area contributed by atoms with Gasteiger partial charge in [0.05, 0.1) is 17.8 Å². The molecule has 2 aromatic carbocycles. The second-order valence-corrected chi connectivity index (χ2v) is 4.54. The van der Waals surface area contributed by atoms with Crippen molar-refractivity contribution < 1.29 is 9.59 Å². The number of nitrogens with two attached hydrogens (primary N) is 1. The van der Waals surface area contributed by atoms with Gasteiger partial charge in [-0.3, -0.25) is 14.5 Å². The number of amides is 2. The average Bonchev–Trinajstić information content (AvgIpc) is 2.71. The first-order valence-electron chi connectivity index (χ1n) is 6.21. The third-order valence-electron chi connectivity index (χ3n) is 3.23. The number of carbonyl (C=O) groups excluding carboxylic acids is 2. The molecule has 20 heavy (non-hydrogen) atoms. The van der Waals surface area contributed by atoms with Gasteiger partial charge < -0.3 is 11.1 Å². The fraction of sp³-hybridized carbons (Fsp3) is 0.0667. The summed E-state index contributed by atoms with van der Waals surface area (Å²) in [7, 11) is 0. The molecule has 0 aromatic heterocycles. The highest BCUT2D eigenvalue weighted by atomic mass is 16.2. The van der Waals surface area contributed by atoms with Crippen LogP contribution in [0.5, 0.6) is 0 Å². The first-order chi connectivity index (χ1) is 9.66. The van der Waals surface area contributed by atoms with Gasteiger partial charge in [0.15, 0.2) is 0 Å². The molecule has 2 aromatic rings. The molecule has 0 fully saturated rings. The Bertz CT molecular complexity index is 645. The lowest BCUT2D eigenvalue weighted by atomic mass is 10.1. The van der Waals surface area contributed by atoms with E-state index in [-0.39, 0.29) is 18.5 Å². The van der Waals surface area contributed by atoms with E-state index in [1.54, 1.807) is 48.5 Å². The second-order valence-electron chi connectivity index (χ2n) is 4.54. The maximum absolute atomic E-state index is 12.1. The zero-order valence-corrected chi connectivity index (χ0v) is 10.7. The van der Waals surface area contributed by atoms with Crippen LogP contribution in [0.25, 0.3) is 0 Å². The Labute approximate surface area is 116 Å². The largest absolute Gasteiger partial charge is 0.399 e. The van der Waals surface area contributed by atoms with E-state index < -0.39 is 0 Å². The third kappa shape index (κ3) is 1.99. The Balaban J connectivity index is 1.75. The van der Waals surface area contributed by atoms with Gasteiger partial charge in [0.25, 0.3) is 11.8 Å². The Morgan fingerprint density at radius 1 is 0.900 bits per heavy atom. The van der Waals surface area contributed by atoms with Gasteiger partial charge in [-0.05, 0) is 36.4 Å². The number of anilines is 2. The highest BCUT2D eigenvalue weighted by Gasteiger charge is 2.34. The molecule has 5 nitrogen and oxygen atoms in total. The molecule has 3 rings (SSSR count). The molecule has 0 aliphatic carbocycles. The Morgan fingerprint density at radius 2 is 1.45 bits per heavy atom. The summed E-state index contributed by atoms with van der Waals surface area (Å²) in [6.07, 6.45) is 0. The predicted molar refractivity (Wildman–Crippen MR) is 76.3 cm³/mol. The van der Waals surface area contributed by atoms with Crippen LogP contribution in [0, 0.1) is 0 Å². The SMILES string of the molecule is Nc1ccc(NCN2C(=O)c3ccccc3C2=O)cc1. The third-order valence-corrected chi connectivity index (χ3v) is 3.23. The molecule has 3 N–H and O–H groups in total. The van der Waals surface area contributed by atoms with Crippen molar-refractivity contribution in [3.05, 3.63) is 59.7 Å². The van der Waals surface area contributed by atoms with E-state index in [2.05, 4.69) is 5.32 Å². The van der Waals surface area contributed by atoms with Gasteiger partial charge in [-0.2, -0.15) is 0 Å². The molecule has 1 aliphatic rings. The Hall–Kier alpha value is -2.82. The van der Waals surface area contributed by atoms with E-state index in [4.69, 9.17) is 5.73 Å². The molecule has 0 saturated heterocycles. The fourth-order valence-electron chi connectivity index (χ4n) is 2.15. The number of fused-ring (bicyclic) bond motifs is 1. The van der Waals surface area contributed by atoms with E-state index in [9.17, 15) is 9.59 Å². The number of nitrogens with zero attached hydrogens (tertiary/aromatic N) is 1. The van der Waals surface area contributed by atoms with E-state index in [1.807, 2.05) is 0 Å². The lowest BCUT2D eigenvalue weighted by molar-refractivity contribution is 0.0666. The van der Waals surface area contributed by atoms with Crippen LogP contribution in [0.4, 0.5) is 11.4 Å². The molecule has 0 spiro atoms. The number of hydrogen-bond donors (Lipinski definition) is 2. The van der Waals surface area contributed by atoms with Crippen LogP contribution >= 0.6 is 0 Å². The first-order valence-corrected chi connectivity index (χ1v) is 6.21. The van der Waals surface area contributed by atoms with Crippen molar-refractivity contribution in [1.29, 1.82) is 0 Å². The Morgan fingerprint density at radius 3 is 2.00 bits per heavy atom. The summed E-state index contributed by atoms with van der Waals surface area (Å²) in [6.45, 7) is 0.135. The molecule has 0 saturated carbocycles. The van der Waals surface area contributed by atoms with Crippen molar-refractivity contribution in [2.75, 3.05) is 17.7 Å². The molecular weight excluding hydrogens is 254 g/mol. The van der Waals surface area contributed by atoms with Crippen molar-refractivity contribution in [2.24, 2.45) is 0 Å². The number of carbonyl (C=O) groups is 2. The van der Waals surface area contributed by atoms with Crippen LogP contribution in [0.2, 0.25) is 0 Å². The molecule has 1 heterocycles. The first kappa shape index (κ1) is 12.2. The molecular formula is C15H13N3O2. The highest BCUT2D eigenvalue weighted by molar-refractivity contribution is 6.21. The lowest BCUT2D eigenvalue weighted by Gasteiger charge is -2.15. The van der Waals surface area contributed by atoms with E-state index in [0.717, 1.165) is 5.69 Å². The Kier molecular flexibility index (Phi) is 2.87. The summed E-state index contributed by atoms with van der Waals surface area (Å²) in [6, 6.07) is 13.9. The van der Waals surface area contributed by atoms with Crippen LogP contribution in [-0.4, -0.2) is 23.4 Å². The normalized spacial score (nSPS) is 13.5. The minimum atomic E-state index is -0.270. The topological polar surface area (TPSA) is 75.4 Å². The molecule has 1 aliphatic heterocycles. The second kappa shape index (κ2) is 4.70. The van der Waals surface area contributed by atoms with Crippen LogP contribution in [-0.2, 0) is 0 Å².